The number of carbonyl (C=O) groups excluding carboxylic acids is 1. The molecule has 0 N–H and O–H groups in total. The molecule has 0 saturated heterocycles. The summed E-state index contributed by atoms with van der Waals surface area (Å²) in [4.78, 5) is 12.4. The van der Waals surface area contributed by atoms with Gasteiger partial charge in [0.1, 0.15) is 5.82 Å². The van der Waals surface area contributed by atoms with E-state index in [4.69, 9.17) is 0 Å². The van der Waals surface area contributed by atoms with Crippen molar-refractivity contribution in [2.75, 3.05) is 0 Å². The fourth-order valence-electron chi connectivity index (χ4n) is 2.28. The lowest BCUT2D eigenvalue weighted by molar-refractivity contribution is 0.103. The molecule has 2 heteroatoms. The number of halogens is 1. The van der Waals surface area contributed by atoms with Gasteiger partial charge in [-0.1, -0.05) is 17.7 Å². The second-order valence-corrected chi connectivity index (χ2v) is 4.61. The van der Waals surface area contributed by atoms with E-state index in [2.05, 4.69) is 0 Å². The Morgan fingerprint density at radius 1 is 0.944 bits per heavy atom. The predicted octanol–water partition coefficient (Wildman–Crippen LogP) is 3.98. The minimum absolute atomic E-state index is 0.0509. The first-order valence-electron chi connectivity index (χ1n) is 5.87. The highest BCUT2D eigenvalue weighted by Crippen LogP contribution is 2.20. The van der Waals surface area contributed by atoms with Crippen LogP contribution in [0, 0.1) is 26.6 Å². The molecule has 0 amide bonds. The van der Waals surface area contributed by atoms with Crippen LogP contribution in [0.4, 0.5) is 4.39 Å². The molecule has 1 nitrogen and oxygen atoms in total. The van der Waals surface area contributed by atoms with Gasteiger partial charge in [0.15, 0.2) is 5.78 Å². The first-order chi connectivity index (χ1) is 8.49. The molecule has 0 saturated carbocycles. The zero-order valence-corrected chi connectivity index (χ0v) is 10.8. The summed E-state index contributed by atoms with van der Waals surface area (Å²) in [7, 11) is 0. The minimum atomic E-state index is -0.330. The molecular formula is C16H15FO. The molecule has 92 valence electrons. The van der Waals surface area contributed by atoms with Crippen LogP contribution in [0.2, 0.25) is 0 Å². The highest BCUT2D eigenvalue weighted by molar-refractivity contribution is 6.10. The Balaban J connectivity index is 2.49. The molecule has 0 heterocycles. The van der Waals surface area contributed by atoms with Crippen LogP contribution in [-0.2, 0) is 0 Å². The van der Waals surface area contributed by atoms with Gasteiger partial charge in [-0.25, -0.2) is 4.39 Å². The molecule has 2 rings (SSSR count). The third-order valence-electron chi connectivity index (χ3n) is 3.01. The number of ketones is 1. The van der Waals surface area contributed by atoms with Gasteiger partial charge < -0.3 is 0 Å². The first-order valence-corrected chi connectivity index (χ1v) is 5.87. The zero-order valence-electron chi connectivity index (χ0n) is 10.8. The smallest absolute Gasteiger partial charge is 0.193 e. The molecule has 0 aromatic heterocycles. The molecular weight excluding hydrogens is 227 g/mol. The van der Waals surface area contributed by atoms with Gasteiger partial charge in [0, 0.05) is 11.1 Å². The van der Waals surface area contributed by atoms with Gasteiger partial charge in [-0.05, 0) is 56.2 Å². The summed E-state index contributed by atoms with van der Waals surface area (Å²) in [5.74, 6) is -0.381. The largest absolute Gasteiger partial charge is 0.289 e. The van der Waals surface area contributed by atoms with Crippen molar-refractivity contribution in [3.8, 4) is 0 Å². The van der Waals surface area contributed by atoms with Gasteiger partial charge in [0.05, 0.1) is 0 Å². The molecule has 0 spiro atoms. The normalized spacial score (nSPS) is 10.4. The van der Waals surface area contributed by atoms with Gasteiger partial charge in [0.2, 0.25) is 0 Å². The summed E-state index contributed by atoms with van der Waals surface area (Å²) in [6.07, 6.45) is 0. The highest BCUT2D eigenvalue weighted by Gasteiger charge is 2.14. The zero-order chi connectivity index (χ0) is 13.3. The Hall–Kier alpha value is -1.96. The van der Waals surface area contributed by atoms with Crippen LogP contribution in [-0.4, -0.2) is 5.78 Å². The van der Waals surface area contributed by atoms with Crippen LogP contribution in [0.5, 0.6) is 0 Å². The Bertz CT molecular complexity index is 574. The number of benzene rings is 2. The van der Waals surface area contributed by atoms with E-state index in [1.165, 1.54) is 24.3 Å². The minimum Gasteiger partial charge on any atom is -0.289 e. The third-order valence-corrected chi connectivity index (χ3v) is 3.01. The van der Waals surface area contributed by atoms with Gasteiger partial charge in [-0.3, -0.25) is 4.79 Å². The van der Waals surface area contributed by atoms with Gasteiger partial charge in [-0.2, -0.15) is 0 Å². The van der Waals surface area contributed by atoms with Crippen molar-refractivity contribution in [2.24, 2.45) is 0 Å². The SMILES string of the molecule is Cc1cc(C)c(C(=O)c2ccc(F)cc2)c(C)c1. The first kappa shape index (κ1) is 12.5. The van der Waals surface area contributed by atoms with Crippen LogP contribution in [0.3, 0.4) is 0 Å². The van der Waals surface area contributed by atoms with Crippen molar-refractivity contribution in [3.05, 3.63) is 70.0 Å². The quantitative estimate of drug-likeness (QED) is 0.728. The summed E-state index contributed by atoms with van der Waals surface area (Å²) in [5, 5.41) is 0. The monoisotopic (exact) mass is 242 g/mol. The van der Waals surface area contributed by atoms with Gasteiger partial charge in [-0.15, -0.1) is 0 Å². The Morgan fingerprint density at radius 3 is 1.94 bits per heavy atom. The van der Waals surface area contributed by atoms with Crippen LogP contribution < -0.4 is 0 Å². The molecule has 0 aliphatic carbocycles. The van der Waals surface area contributed by atoms with Gasteiger partial charge >= 0.3 is 0 Å². The van der Waals surface area contributed by atoms with Crippen molar-refractivity contribution in [2.45, 2.75) is 20.8 Å². The molecule has 2 aromatic rings. The van der Waals surface area contributed by atoms with E-state index in [0.29, 0.717) is 11.1 Å². The lowest BCUT2D eigenvalue weighted by Crippen LogP contribution is -2.06. The van der Waals surface area contributed by atoms with Crippen LogP contribution in [0.1, 0.15) is 32.6 Å². The lowest BCUT2D eigenvalue weighted by Gasteiger charge is -2.10. The Kier molecular flexibility index (Phi) is 3.28. The average Bonchev–Trinajstić information content (AvgIpc) is 2.28. The van der Waals surface area contributed by atoms with E-state index in [1.54, 1.807) is 0 Å². The molecule has 0 fully saturated rings. The maximum atomic E-state index is 12.9. The highest BCUT2D eigenvalue weighted by atomic mass is 19.1. The molecule has 0 bridgehead atoms. The standard InChI is InChI=1S/C16H15FO/c1-10-8-11(2)15(12(3)9-10)16(18)13-4-6-14(17)7-5-13/h4-9H,1-3H3. The number of rotatable bonds is 2. The van der Waals surface area contributed by atoms with E-state index in [9.17, 15) is 9.18 Å². The van der Waals surface area contributed by atoms with E-state index in [1.807, 2.05) is 32.9 Å². The Labute approximate surface area is 106 Å². The molecule has 0 aliphatic heterocycles. The number of hydrogen-bond donors (Lipinski definition) is 0. The summed E-state index contributed by atoms with van der Waals surface area (Å²) in [6, 6.07) is 9.65. The summed E-state index contributed by atoms with van der Waals surface area (Å²) in [5.41, 5.74) is 4.29. The molecule has 0 aliphatic rings. The van der Waals surface area contributed by atoms with Crippen molar-refractivity contribution >= 4 is 5.78 Å². The van der Waals surface area contributed by atoms with Crippen LogP contribution >= 0.6 is 0 Å². The molecule has 18 heavy (non-hydrogen) atoms. The average molecular weight is 242 g/mol. The maximum absolute atomic E-state index is 12.9. The van der Waals surface area contributed by atoms with E-state index in [-0.39, 0.29) is 11.6 Å². The van der Waals surface area contributed by atoms with Gasteiger partial charge in [0.25, 0.3) is 0 Å². The lowest BCUT2D eigenvalue weighted by atomic mass is 9.93. The van der Waals surface area contributed by atoms with E-state index >= 15 is 0 Å². The summed E-state index contributed by atoms with van der Waals surface area (Å²) in [6.45, 7) is 5.86. The number of aryl methyl sites for hydroxylation is 3. The second-order valence-electron chi connectivity index (χ2n) is 4.61. The van der Waals surface area contributed by atoms with Crippen molar-refractivity contribution in [3.63, 3.8) is 0 Å². The van der Waals surface area contributed by atoms with Crippen molar-refractivity contribution < 1.29 is 9.18 Å². The van der Waals surface area contributed by atoms with E-state index in [0.717, 1.165) is 16.7 Å². The van der Waals surface area contributed by atoms with Crippen molar-refractivity contribution in [1.82, 2.24) is 0 Å². The molecule has 0 atom stereocenters. The molecule has 2 aromatic carbocycles. The number of carbonyl (C=O) groups is 1. The third kappa shape index (κ3) is 2.33. The maximum Gasteiger partial charge on any atom is 0.193 e. The van der Waals surface area contributed by atoms with Crippen LogP contribution in [0.25, 0.3) is 0 Å². The second kappa shape index (κ2) is 4.73. The van der Waals surface area contributed by atoms with E-state index < -0.39 is 0 Å². The fourth-order valence-corrected chi connectivity index (χ4v) is 2.28. The molecule has 0 unspecified atom stereocenters. The predicted molar refractivity (Wildman–Crippen MR) is 70.5 cm³/mol. The fraction of sp³-hybridized carbons (Fsp3) is 0.188. The number of hydrogen-bond acceptors (Lipinski definition) is 1. The summed E-state index contributed by atoms with van der Waals surface area (Å²) >= 11 is 0. The summed E-state index contributed by atoms with van der Waals surface area (Å²) < 4.78 is 12.9. The van der Waals surface area contributed by atoms with Crippen molar-refractivity contribution in [1.29, 1.82) is 0 Å². The molecule has 0 radical (unpaired) electrons. The topological polar surface area (TPSA) is 17.1 Å². The Morgan fingerprint density at radius 2 is 1.44 bits per heavy atom. The van der Waals surface area contributed by atoms with Crippen LogP contribution in [0.15, 0.2) is 36.4 Å².